The smallest absolute Gasteiger partial charge is 0.194 e. The number of allylic oxidation sites excluding steroid dienone is 2. The van der Waals surface area contributed by atoms with Crippen molar-refractivity contribution in [2.75, 3.05) is 23.5 Å². The summed E-state index contributed by atoms with van der Waals surface area (Å²) in [5, 5.41) is 14.4. The lowest BCUT2D eigenvalue weighted by Crippen LogP contribution is -2.38. The third-order valence-electron chi connectivity index (χ3n) is 8.48. The van der Waals surface area contributed by atoms with Crippen LogP contribution in [-0.4, -0.2) is 30.5 Å². The first-order chi connectivity index (χ1) is 23.8. The number of hydrogen-bond donors (Lipinski definition) is 1. The van der Waals surface area contributed by atoms with E-state index in [0.29, 0.717) is 31.1 Å². The van der Waals surface area contributed by atoms with E-state index in [9.17, 15) is 14.9 Å². The number of carbonyl (C=O) groups is 2. The fourth-order valence-electron chi connectivity index (χ4n) is 5.82. The van der Waals surface area contributed by atoms with E-state index in [-0.39, 0.29) is 23.3 Å². The van der Waals surface area contributed by atoms with Crippen molar-refractivity contribution in [3.8, 4) is 17.6 Å². The zero-order valence-corrected chi connectivity index (χ0v) is 28.5. The first kappa shape index (κ1) is 34.6. The number of ether oxygens (including phenoxy) is 2. The Hall–Kier alpha value is -5.68. The Morgan fingerprint density at radius 2 is 1.43 bits per heavy atom. The number of Topliss-reactive ketones (excluding diaryl/α,β-unsaturated/α-hetero) is 2. The van der Waals surface area contributed by atoms with E-state index in [2.05, 4.69) is 22.4 Å². The number of unbranched alkanes of at least 4 members (excludes halogenated alkanes) is 1. The van der Waals surface area contributed by atoms with Crippen LogP contribution in [0.25, 0.3) is 0 Å². The first-order valence-corrected chi connectivity index (χ1v) is 16.7. The average Bonchev–Trinajstić information content (AvgIpc) is 3.10. The van der Waals surface area contributed by atoms with Crippen LogP contribution in [0.4, 0.5) is 22.7 Å². The Morgan fingerprint density at radius 1 is 0.776 bits per heavy atom. The molecular formula is C41H42N4O4. The molecule has 0 aliphatic heterocycles. The first-order valence-electron chi connectivity index (χ1n) is 16.7. The van der Waals surface area contributed by atoms with Crippen molar-refractivity contribution in [1.29, 1.82) is 5.26 Å². The minimum Gasteiger partial charge on any atom is -0.493 e. The summed E-state index contributed by atoms with van der Waals surface area (Å²) in [4.78, 5) is 29.1. The van der Waals surface area contributed by atoms with Crippen LogP contribution in [0.3, 0.4) is 0 Å². The number of benzene rings is 4. The van der Waals surface area contributed by atoms with Crippen LogP contribution in [0.15, 0.2) is 113 Å². The van der Waals surface area contributed by atoms with Gasteiger partial charge in [-0.1, -0.05) is 67.4 Å². The molecular weight excluding hydrogens is 612 g/mol. The number of anilines is 4. The van der Waals surface area contributed by atoms with Gasteiger partial charge < -0.3 is 14.4 Å². The van der Waals surface area contributed by atoms with Gasteiger partial charge in [-0.3, -0.25) is 15.0 Å². The predicted molar refractivity (Wildman–Crippen MR) is 195 cm³/mol. The fourth-order valence-corrected chi connectivity index (χ4v) is 5.82. The van der Waals surface area contributed by atoms with Crippen LogP contribution in [-0.2, 0) is 9.59 Å². The summed E-state index contributed by atoms with van der Waals surface area (Å²) in [5.41, 5.74) is 8.91. The Kier molecular flexibility index (Phi) is 11.6. The summed E-state index contributed by atoms with van der Waals surface area (Å²) in [6.45, 7) is 8.53. The number of nitrogens with one attached hydrogen (secondary N) is 1. The number of carbonyl (C=O) groups excluding carboxylic acids is 2. The second kappa shape index (κ2) is 16.4. The molecule has 0 fully saturated rings. The zero-order valence-electron chi connectivity index (χ0n) is 28.5. The predicted octanol–water partition coefficient (Wildman–Crippen LogP) is 9.19. The van der Waals surface area contributed by atoms with Crippen LogP contribution in [0, 0.1) is 31.1 Å². The Labute approximate surface area is 288 Å². The highest BCUT2D eigenvalue weighted by Gasteiger charge is 2.39. The highest BCUT2D eigenvalue weighted by atomic mass is 16.5. The number of nitrogens with zero attached hydrogens (tertiary/aromatic N) is 3. The quantitative estimate of drug-likeness (QED) is 0.0821. The van der Waals surface area contributed by atoms with E-state index in [1.165, 1.54) is 0 Å². The van der Waals surface area contributed by atoms with Gasteiger partial charge in [-0.2, -0.15) is 10.4 Å². The van der Waals surface area contributed by atoms with Gasteiger partial charge in [0.2, 0.25) is 0 Å². The molecule has 8 nitrogen and oxygen atoms in total. The molecule has 0 saturated heterocycles. The molecule has 0 heterocycles. The molecule has 0 spiro atoms. The van der Waals surface area contributed by atoms with Crippen LogP contribution in [0.1, 0.15) is 50.7 Å². The molecule has 49 heavy (non-hydrogen) atoms. The van der Waals surface area contributed by atoms with E-state index < -0.39 is 17.5 Å². The van der Waals surface area contributed by atoms with E-state index in [4.69, 9.17) is 9.47 Å². The molecule has 250 valence electrons. The molecule has 1 aliphatic carbocycles. The molecule has 0 radical (unpaired) electrons. The van der Waals surface area contributed by atoms with Crippen molar-refractivity contribution in [1.82, 2.24) is 0 Å². The van der Waals surface area contributed by atoms with Crippen molar-refractivity contribution in [2.45, 2.75) is 53.4 Å². The summed E-state index contributed by atoms with van der Waals surface area (Å²) in [6, 6.07) is 33.9. The summed E-state index contributed by atoms with van der Waals surface area (Å²) in [5.74, 6) is -0.552. The normalized spacial score (nSPS) is 15.2. The standard InChI is InChI=1S/C41H42N4O4/c1-5-6-23-49-38-26-33(45(31-14-9-7-10-15-31)32-16-11-8-12-17-32)20-21-36(38)43-44-39-30(4)35(27-42)40(46)34(41(39)47)18-13-24-48-37-22-19-28(2)25-29(37)3/h7-12,14-17,19-22,25-26,34,43H,5-6,13,18,23-24H2,1-4H3/b44-39-. The third-order valence-corrected chi connectivity index (χ3v) is 8.48. The molecule has 8 heteroatoms. The van der Waals surface area contributed by atoms with Gasteiger partial charge in [0.25, 0.3) is 0 Å². The molecule has 0 saturated carbocycles. The van der Waals surface area contributed by atoms with E-state index in [1.54, 1.807) is 6.92 Å². The van der Waals surface area contributed by atoms with Gasteiger partial charge in [0.05, 0.1) is 24.8 Å². The third kappa shape index (κ3) is 8.25. The minimum atomic E-state index is -1.01. The number of para-hydroxylation sites is 2. The second-order valence-corrected chi connectivity index (χ2v) is 12.1. The molecule has 0 aromatic heterocycles. The van der Waals surface area contributed by atoms with Crippen molar-refractivity contribution < 1.29 is 19.1 Å². The monoisotopic (exact) mass is 654 g/mol. The van der Waals surface area contributed by atoms with E-state index in [1.807, 2.05) is 117 Å². The summed E-state index contributed by atoms with van der Waals surface area (Å²) in [6.07, 6.45) is 2.53. The maximum atomic E-state index is 13.7. The lowest BCUT2D eigenvalue weighted by Gasteiger charge is -2.26. The lowest BCUT2D eigenvalue weighted by atomic mass is 9.79. The van der Waals surface area contributed by atoms with Crippen molar-refractivity contribution in [3.05, 3.63) is 119 Å². The molecule has 1 aliphatic rings. The maximum absolute atomic E-state index is 13.7. The summed E-state index contributed by atoms with van der Waals surface area (Å²) >= 11 is 0. The maximum Gasteiger partial charge on any atom is 0.194 e. The number of nitriles is 1. The van der Waals surface area contributed by atoms with Crippen LogP contribution >= 0.6 is 0 Å². The molecule has 4 aromatic rings. The largest absolute Gasteiger partial charge is 0.493 e. The number of hydrogen-bond acceptors (Lipinski definition) is 8. The molecule has 1 N–H and O–H groups in total. The lowest BCUT2D eigenvalue weighted by molar-refractivity contribution is -0.127. The van der Waals surface area contributed by atoms with Crippen LogP contribution in [0.5, 0.6) is 11.5 Å². The second-order valence-electron chi connectivity index (χ2n) is 12.1. The van der Waals surface area contributed by atoms with Crippen molar-refractivity contribution in [3.63, 3.8) is 0 Å². The van der Waals surface area contributed by atoms with Gasteiger partial charge in [0, 0.05) is 28.7 Å². The Morgan fingerprint density at radius 3 is 2.06 bits per heavy atom. The molecule has 0 bridgehead atoms. The van der Waals surface area contributed by atoms with Gasteiger partial charge in [-0.15, -0.1) is 0 Å². The topological polar surface area (TPSA) is 104 Å². The van der Waals surface area contributed by atoms with Gasteiger partial charge in [-0.05, 0) is 88.1 Å². The SMILES string of the molecule is CCCCOc1cc(N(c2ccccc2)c2ccccc2)ccc1N/N=C1\C(=O)C(CCCOc2ccc(C)cc2C)C(=O)C(C#N)=C1C. The number of hydrazone groups is 1. The van der Waals surface area contributed by atoms with Crippen molar-refractivity contribution in [2.24, 2.45) is 11.0 Å². The highest BCUT2D eigenvalue weighted by Crippen LogP contribution is 2.39. The molecule has 1 unspecified atom stereocenters. The molecule has 1 atom stereocenters. The molecule has 0 amide bonds. The van der Waals surface area contributed by atoms with Gasteiger partial charge in [-0.25, -0.2) is 0 Å². The Bertz CT molecular complexity index is 1850. The number of ketones is 2. The fraction of sp³-hybridized carbons (Fsp3) is 0.268. The number of rotatable bonds is 14. The van der Waals surface area contributed by atoms with E-state index in [0.717, 1.165) is 46.8 Å². The van der Waals surface area contributed by atoms with Gasteiger partial charge in [0.1, 0.15) is 28.9 Å². The van der Waals surface area contributed by atoms with Crippen molar-refractivity contribution >= 4 is 40.0 Å². The van der Waals surface area contributed by atoms with E-state index >= 15 is 0 Å². The minimum absolute atomic E-state index is 0.0448. The Balaban J connectivity index is 1.40. The van der Waals surface area contributed by atoms with Crippen LogP contribution < -0.4 is 19.8 Å². The number of aryl methyl sites for hydroxylation is 2. The average molecular weight is 655 g/mol. The van der Waals surface area contributed by atoms with Crippen LogP contribution in [0.2, 0.25) is 0 Å². The summed E-state index contributed by atoms with van der Waals surface area (Å²) in [7, 11) is 0. The highest BCUT2D eigenvalue weighted by molar-refractivity contribution is 6.53. The zero-order chi connectivity index (χ0) is 34.8. The summed E-state index contributed by atoms with van der Waals surface area (Å²) < 4.78 is 12.2. The van der Waals surface area contributed by atoms with Gasteiger partial charge >= 0.3 is 0 Å². The molecule has 4 aromatic carbocycles. The molecule has 5 rings (SSSR count). The van der Waals surface area contributed by atoms with Gasteiger partial charge in [0.15, 0.2) is 11.6 Å².